The second-order valence-corrected chi connectivity index (χ2v) is 8.38. The molecule has 9 heteroatoms. The number of carbonyl (C=O) groups excluding carboxylic acids is 1. The molecule has 1 heterocycles. The van der Waals surface area contributed by atoms with E-state index in [0.29, 0.717) is 5.69 Å². The summed E-state index contributed by atoms with van der Waals surface area (Å²) in [6.45, 7) is 3.89. The molecule has 1 aromatic heterocycles. The van der Waals surface area contributed by atoms with E-state index in [2.05, 4.69) is 20.0 Å². The molecule has 8 nitrogen and oxygen atoms in total. The molecule has 0 fully saturated rings. The maximum Gasteiger partial charge on any atom is 0.264 e. The Morgan fingerprint density at radius 2 is 1.65 bits per heavy atom. The smallest absolute Gasteiger partial charge is 0.264 e. The number of ether oxygens (including phenoxy) is 1. The van der Waals surface area contributed by atoms with Gasteiger partial charge in [-0.1, -0.05) is 0 Å². The van der Waals surface area contributed by atoms with Gasteiger partial charge < -0.3 is 10.1 Å². The van der Waals surface area contributed by atoms with Gasteiger partial charge in [-0.15, -0.1) is 0 Å². The van der Waals surface area contributed by atoms with Gasteiger partial charge in [-0.05, 0) is 79.1 Å². The molecule has 0 spiro atoms. The third-order valence-corrected chi connectivity index (χ3v) is 5.77. The summed E-state index contributed by atoms with van der Waals surface area (Å²) >= 11 is 0. The molecular formula is C22H22N4O4S. The number of carbonyl (C=O) groups is 1. The molecule has 0 bridgehead atoms. The van der Waals surface area contributed by atoms with Crippen molar-refractivity contribution in [2.75, 3.05) is 17.1 Å². The third kappa shape index (κ3) is 5.67. The molecule has 3 rings (SSSR count). The summed E-state index contributed by atoms with van der Waals surface area (Å²) in [4.78, 5) is 20.0. The Morgan fingerprint density at radius 3 is 2.23 bits per heavy atom. The number of hydrogen-bond donors (Lipinski definition) is 2. The van der Waals surface area contributed by atoms with Crippen molar-refractivity contribution in [3.05, 3.63) is 77.6 Å². The zero-order valence-electron chi connectivity index (χ0n) is 17.3. The molecule has 0 aliphatic carbocycles. The molecule has 31 heavy (non-hydrogen) atoms. The standard InChI is InChI=1S/C22H22N4O4S/c1-15-13-18(30-3)14-16(2)20(15)9-10-21(27)25-17-5-7-19(8-6-17)31(28,29)26-22-23-11-4-12-24-22/h4-14H,1-3H3,(H,25,27)(H,23,24,26)/b10-9+. The fourth-order valence-electron chi connectivity index (χ4n) is 2.91. The van der Waals surface area contributed by atoms with Crippen LogP contribution >= 0.6 is 0 Å². The first-order valence-corrected chi connectivity index (χ1v) is 10.8. The van der Waals surface area contributed by atoms with E-state index in [9.17, 15) is 13.2 Å². The van der Waals surface area contributed by atoms with Crippen LogP contribution in [0.1, 0.15) is 16.7 Å². The lowest BCUT2D eigenvalue weighted by molar-refractivity contribution is -0.111. The first-order valence-electron chi connectivity index (χ1n) is 9.33. The van der Waals surface area contributed by atoms with Crippen molar-refractivity contribution in [3.8, 4) is 5.75 Å². The first-order chi connectivity index (χ1) is 14.8. The van der Waals surface area contributed by atoms with Crippen molar-refractivity contribution in [1.82, 2.24) is 9.97 Å². The fourth-order valence-corrected chi connectivity index (χ4v) is 3.86. The maximum atomic E-state index is 12.4. The summed E-state index contributed by atoms with van der Waals surface area (Å²) in [5, 5.41) is 2.71. The van der Waals surface area contributed by atoms with Crippen LogP contribution in [0.5, 0.6) is 5.75 Å². The number of hydrogen-bond acceptors (Lipinski definition) is 6. The van der Waals surface area contributed by atoms with Gasteiger partial charge in [-0.25, -0.2) is 23.1 Å². The largest absolute Gasteiger partial charge is 0.497 e. The molecule has 0 radical (unpaired) electrons. The number of methoxy groups -OCH3 is 1. The molecule has 0 atom stereocenters. The van der Waals surface area contributed by atoms with Crippen LogP contribution in [-0.4, -0.2) is 31.4 Å². The summed E-state index contributed by atoms with van der Waals surface area (Å²) in [5.41, 5.74) is 3.38. The van der Waals surface area contributed by atoms with E-state index in [4.69, 9.17) is 4.74 Å². The van der Waals surface area contributed by atoms with Crippen molar-refractivity contribution in [3.63, 3.8) is 0 Å². The van der Waals surface area contributed by atoms with Gasteiger partial charge in [0.15, 0.2) is 0 Å². The monoisotopic (exact) mass is 438 g/mol. The number of anilines is 2. The topological polar surface area (TPSA) is 110 Å². The summed E-state index contributed by atoms with van der Waals surface area (Å²) in [6, 6.07) is 11.2. The summed E-state index contributed by atoms with van der Waals surface area (Å²) in [7, 11) is -2.22. The zero-order valence-corrected chi connectivity index (χ0v) is 18.1. The highest BCUT2D eigenvalue weighted by molar-refractivity contribution is 7.92. The molecular weight excluding hydrogens is 416 g/mol. The van der Waals surface area contributed by atoms with Crippen LogP contribution in [-0.2, 0) is 14.8 Å². The molecule has 160 valence electrons. The van der Waals surface area contributed by atoms with Crippen LogP contribution in [0, 0.1) is 13.8 Å². The van der Waals surface area contributed by atoms with E-state index in [-0.39, 0.29) is 16.8 Å². The van der Waals surface area contributed by atoms with Crippen LogP contribution < -0.4 is 14.8 Å². The van der Waals surface area contributed by atoms with Crippen LogP contribution in [0.2, 0.25) is 0 Å². The summed E-state index contributed by atoms with van der Waals surface area (Å²) < 4.78 is 32.3. The molecule has 2 N–H and O–H groups in total. The average molecular weight is 439 g/mol. The highest BCUT2D eigenvalue weighted by Gasteiger charge is 2.15. The van der Waals surface area contributed by atoms with E-state index in [0.717, 1.165) is 22.4 Å². The normalized spacial score (nSPS) is 11.3. The van der Waals surface area contributed by atoms with Gasteiger partial charge in [0.05, 0.1) is 12.0 Å². The molecule has 0 unspecified atom stereocenters. The molecule has 0 aliphatic heterocycles. The summed E-state index contributed by atoms with van der Waals surface area (Å²) in [5.74, 6) is 0.412. The molecule has 1 amide bonds. The lowest BCUT2D eigenvalue weighted by atomic mass is 10.0. The number of aromatic nitrogens is 2. The van der Waals surface area contributed by atoms with Crippen LogP contribution in [0.15, 0.2) is 65.8 Å². The average Bonchev–Trinajstić information content (AvgIpc) is 2.73. The van der Waals surface area contributed by atoms with Crippen molar-refractivity contribution in [2.24, 2.45) is 0 Å². The van der Waals surface area contributed by atoms with Gasteiger partial charge in [0, 0.05) is 24.2 Å². The first kappa shape index (κ1) is 22.0. The van der Waals surface area contributed by atoms with Crippen LogP contribution in [0.3, 0.4) is 0 Å². The highest BCUT2D eigenvalue weighted by atomic mass is 32.2. The van der Waals surface area contributed by atoms with E-state index in [1.54, 1.807) is 19.3 Å². The SMILES string of the molecule is COc1cc(C)c(/C=C/C(=O)Nc2ccc(S(=O)(=O)Nc3ncccn3)cc2)c(C)c1. The Kier molecular flexibility index (Phi) is 6.66. The minimum atomic E-state index is -3.83. The number of amides is 1. The molecule has 0 aliphatic rings. The van der Waals surface area contributed by atoms with E-state index < -0.39 is 10.0 Å². The minimum Gasteiger partial charge on any atom is -0.497 e. The van der Waals surface area contributed by atoms with E-state index >= 15 is 0 Å². The van der Waals surface area contributed by atoms with Crippen LogP contribution in [0.4, 0.5) is 11.6 Å². The quantitative estimate of drug-likeness (QED) is 0.546. The number of nitrogens with zero attached hydrogens (tertiary/aromatic N) is 2. The number of nitrogens with one attached hydrogen (secondary N) is 2. The van der Waals surface area contributed by atoms with Gasteiger partial charge in [-0.2, -0.15) is 0 Å². The van der Waals surface area contributed by atoms with Crippen molar-refractivity contribution >= 4 is 33.6 Å². The number of aryl methyl sites for hydroxylation is 2. The number of rotatable bonds is 7. The second-order valence-electron chi connectivity index (χ2n) is 6.70. The van der Waals surface area contributed by atoms with Gasteiger partial charge in [0.1, 0.15) is 5.75 Å². The number of sulfonamides is 1. The van der Waals surface area contributed by atoms with E-state index in [1.165, 1.54) is 42.7 Å². The molecule has 2 aromatic carbocycles. The second kappa shape index (κ2) is 9.40. The van der Waals surface area contributed by atoms with Crippen molar-refractivity contribution in [2.45, 2.75) is 18.7 Å². The predicted molar refractivity (Wildman–Crippen MR) is 119 cm³/mol. The van der Waals surface area contributed by atoms with Crippen molar-refractivity contribution < 1.29 is 17.9 Å². The zero-order chi connectivity index (χ0) is 22.4. The van der Waals surface area contributed by atoms with Gasteiger partial charge in [-0.3, -0.25) is 4.79 Å². The minimum absolute atomic E-state index is 0.0193. The van der Waals surface area contributed by atoms with Crippen molar-refractivity contribution in [1.29, 1.82) is 0 Å². The van der Waals surface area contributed by atoms with Gasteiger partial charge >= 0.3 is 0 Å². The Morgan fingerprint density at radius 1 is 1.03 bits per heavy atom. The molecule has 0 saturated carbocycles. The molecule has 3 aromatic rings. The Hall–Kier alpha value is -3.72. The lowest BCUT2D eigenvalue weighted by Gasteiger charge is -2.09. The lowest BCUT2D eigenvalue weighted by Crippen LogP contribution is -2.15. The summed E-state index contributed by atoms with van der Waals surface area (Å²) in [6.07, 6.45) is 6.04. The number of benzene rings is 2. The van der Waals surface area contributed by atoms with Gasteiger partial charge in [0.25, 0.3) is 10.0 Å². The van der Waals surface area contributed by atoms with Gasteiger partial charge in [0.2, 0.25) is 11.9 Å². The third-order valence-electron chi connectivity index (χ3n) is 4.43. The predicted octanol–water partition coefficient (Wildman–Crippen LogP) is 3.55. The Labute approximate surface area is 181 Å². The Balaban J connectivity index is 1.67. The van der Waals surface area contributed by atoms with E-state index in [1.807, 2.05) is 26.0 Å². The fraction of sp³-hybridized carbons (Fsp3) is 0.136. The molecule has 0 saturated heterocycles. The Bertz CT molecular complexity index is 1190. The van der Waals surface area contributed by atoms with Crippen LogP contribution in [0.25, 0.3) is 6.08 Å². The maximum absolute atomic E-state index is 12.4. The highest BCUT2D eigenvalue weighted by Crippen LogP contribution is 2.23.